The Kier molecular flexibility index (Phi) is 6.46. The molecule has 0 spiro atoms. The number of nitrogens with one attached hydrogen (secondary N) is 1. The highest BCUT2D eigenvalue weighted by molar-refractivity contribution is 5.97. The molecule has 0 aliphatic carbocycles. The molecule has 2 aromatic rings. The zero-order valence-electron chi connectivity index (χ0n) is 15.7. The van der Waals surface area contributed by atoms with Crippen LogP contribution in [0.5, 0.6) is 0 Å². The van der Waals surface area contributed by atoms with Gasteiger partial charge < -0.3 is 26.4 Å². The van der Waals surface area contributed by atoms with Crippen LogP contribution in [-0.4, -0.2) is 56.6 Å². The highest BCUT2D eigenvalue weighted by Crippen LogP contribution is 2.40. The van der Waals surface area contributed by atoms with Crippen molar-refractivity contribution < 1.29 is 33.3 Å². The van der Waals surface area contributed by atoms with E-state index in [1.54, 1.807) is 13.8 Å². The van der Waals surface area contributed by atoms with Crippen LogP contribution in [0.1, 0.15) is 28.5 Å². The second kappa shape index (κ2) is 8.31. The fraction of sp³-hybridized carbons (Fsp3) is 0.389. The van der Waals surface area contributed by atoms with Gasteiger partial charge in [-0.2, -0.15) is 13.2 Å². The van der Waals surface area contributed by atoms with Gasteiger partial charge in [0.05, 0.1) is 25.1 Å². The van der Waals surface area contributed by atoms with Crippen LogP contribution >= 0.6 is 0 Å². The van der Waals surface area contributed by atoms with E-state index in [-0.39, 0.29) is 29.4 Å². The first-order chi connectivity index (χ1) is 13.4. The van der Waals surface area contributed by atoms with Crippen LogP contribution in [0.25, 0.3) is 11.3 Å². The van der Waals surface area contributed by atoms with E-state index in [1.165, 1.54) is 12.3 Å². The highest BCUT2D eigenvalue weighted by Gasteiger charge is 2.54. The number of aliphatic hydroxyl groups excluding tert-OH is 2. The van der Waals surface area contributed by atoms with E-state index in [0.717, 1.165) is 12.1 Å². The molecular formula is C18H21F3N4O4. The molecule has 2 atom stereocenters. The molecule has 0 unspecified atom stereocenters. The molecule has 1 amide bonds. The van der Waals surface area contributed by atoms with Crippen LogP contribution in [-0.2, 0) is 5.60 Å². The number of amides is 1. The van der Waals surface area contributed by atoms with E-state index in [0.29, 0.717) is 5.56 Å². The fourth-order valence-corrected chi connectivity index (χ4v) is 2.53. The van der Waals surface area contributed by atoms with Gasteiger partial charge in [0.25, 0.3) is 5.91 Å². The third kappa shape index (κ3) is 4.47. The number of aromatic nitrogens is 2. The maximum atomic E-state index is 13.3. The Morgan fingerprint density at radius 2 is 1.97 bits per heavy atom. The summed E-state index contributed by atoms with van der Waals surface area (Å²) < 4.78 is 39.8. The standard InChI is InChI=1S/C18H21F3N4O4/c1-9-3-4-11(17(29,8-27)18(19,20)21)5-12(9)13-6-23-15(22)14(25-13)16(28)24-10(2)7-26/h3-6,10,26-27,29H,7-8H2,1-2H3,(H2,22,23)(H,24,28)/t10-,17+/m0/s1. The maximum Gasteiger partial charge on any atom is 0.423 e. The molecule has 1 heterocycles. The number of rotatable bonds is 6. The molecule has 0 saturated heterocycles. The Morgan fingerprint density at radius 1 is 1.31 bits per heavy atom. The van der Waals surface area contributed by atoms with E-state index in [9.17, 15) is 28.2 Å². The van der Waals surface area contributed by atoms with E-state index in [2.05, 4.69) is 15.3 Å². The fourth-order valence-electron chi connectivity index (χ4n) is 2.53. The lowest BCUT2D eigenvalue weighted by atomic mass is 9.90. The molecule has 158 valence electrons. The minimum absolute atomic E-state index is 0.0443. The summed E-state index contributed by atoms with van der Waals surface area (Å²) in [6.07, 6.45) is -3.94. The van der Waals surface area contributed by atoms with Gasteiger partial charge in [-0.05, 0) is 31.0 Å². The molecule has 1 aromatic carbocycles. The molecule has 0 fully saturated rings. The van der Waals surface area contributed by atoms with Crippen molar-refractivity contribution in [1.82, 2.24) is 15.3 Å². The Morgan fingerprint density at radius 3 is 2.52 bits per heavy atom. The first-order valence-corrected chi connectivity index (χ1v) is 8.50. The highest BCUT2D eigenvalue weighted by atomic mass is 19.4. The van der Waals surface area contributed by atoms with Crippen molar-refractivity contribution in [3.05, 3.63) is 41.2 Å². The van der Waals surface area contributed by atoms with Crippen molar-refractivity contribution in [3.63, 3.8) is 0 Å². The lowest BCUT2D eigenvalue weighted by molar-refractivity contribution is -0.277. The van der Waals surface area contributed by atoms with Crippen LogP contribution in [0.2, 0.25) is 0 Å². The summed E-state index contributed by atoms with van der Waals surface area (Å²) in [6, 6.07) is 2.81. The third-order valence-corrected chi connectivity index (χ3v) is 4.36. The lowest BCUT2D eigenvalue weighted by Crippen LogP contribution is -2.45. The number of hydrogen-bond donors (Lipinski definition) is 5. The first-order valence-electron chi connectivity index (χ1n) is 8.50. The molecule has 11 heteroatoms. The van der Waals surface area contributed by atoms with Crippen molar-refractivity contribution in [2.75, 3.05) is 18.9 Å². The number of aryl methyl sites for hydroxylation is 1. The predicted molar refractivity (Wildman–Crippen MR) is 97.7 cm³/mol. The predicted octanol–water partition coefficient (Wildman–Crippen LogP) is 0.887. The van der Waals surface area contributed by atoms with Gasteiger partial charge in [-0.1, -0.05) is 12.1 Å². The number of nitrogen functional groups attached to an aromatic ring is 1. The van der Waals surface area contributed by atoms with Crippen molar-refractivity contribution in [1.29, 1.82) is 0 Å². The summed E-state index contributed by atoms with van der Waals surface area (Å²) in [5.74, 6) is -0.915. The molecule has 29 heavy (non-hydrogen) atoms. The summed E-state index contributed by atoms with van der Waals surface area (Å²) in [4.78, 5) is 20.2. The van der Waals surface area contributed by atoms with Gasteiger partial charge in [0.2, 0.25) is 5.60 Å². The van der Waals surface area contributed by atoms with Crippen molar-refractivity contribution >= 4 is 11.7 Å². The second-order valence-electron chi connectivity index (χ2n) is 6.59. The minimum Gasteiger partial charge on any atom is -0.394 e. The number of carbonyl (C=O) groups is 1. The molecule has 0 radical (unpaired) electrons. The number of aliphatic hydroxyl groups is 3. The quantitative estimate of drug-likeness (QED) is 0.473. The lowest BCUT2D eigenvalue weighted by Gasteiger charge is -2.29. The Labute approximate surface area is 164 Å². The maximum absolute atomic E-state index is 13.3. The number of nitrogens with zero attached hydrogens (tertiary/aromatic N) is 2. The Hall–Kier alpha value is -2.76. The zero-order chi connectivity index (χ0) is 22.0. The molecule has 0 bridgehead atoms. The summed E-state index contributed by atoms with van der Waals surface area (Å²) in [6.45, 7) is 1.25. The minimum atomic E-state index is -5.12. The topological polar surface area (TPSA) is 142 Å². The summed E-state index contributed by atoms with van der Waals surface area (Å²) in [5, 5.41) is 30.7. The summed E-state index contributed by atoms with van der Waals surface area (Å²) >= 11 is 0. The third-order valence-electron chi connectivity index (χ3n) is 4.36. The van der Waals surface area contributed by atoms with E-state index in [1.807, 2.05) is 0 Å². The molecule has 8 nitrogen and oxygen atoms in total. The number of carbonyl (C=O) groups excluding carboxylic acids is 1. The van der Waals surface area contributed by atoms with E-state index >= 15 is 0 Å². The average Bonchev–Trinajstić information content (AvgIpc) is 2.67. The van der Waals surface area contributed by atoms with Crippen LogP contribution < -0.4 is 11.1 Å². The van der Waals surface area contributed by atoms with Crippen molar-refractivity contribution in [2.45, 2.75) is 31.7 Å². The molecule has 0 saturated carbocycles. The van der Waals surface area contributed by atoms with Crippen LogP contribution in [0.15, 0.2) is 24.4 Å². The number of hydrogen-bond acceptors (Lipinski definition) is 7. The van der Waals surface area contributed by atoms with E-state index in [4.69, 9.17) is 10.8 Å². The Balaban J connectivity index is 2.56. The molecular weight excluding hydrogens is 393 g/mol. The van der Waals surface area contributed by atoms with Crippen LogP contribution in [0, 0.1) is 6.92 Å². The van der Waals surface area contributed by atoms with Gasteiger partial charge in [0.15, 0.2) is 11.5 Å². The number of halogens is 3. The number of benzene rings is 1. The summed E-state index contributed by atoms with van der Waals surface area (Å²) in [7, 11) is 0. The van der Waals surface area contributed by atoms with Crippen LogP contribution in [0.3, 0.4) is 0 Å². The largest absolute Gasteiger partial charge is 0.423 e. The van der Waals surface area contributed by atoms with Gasteiger partial charge >= 0.3 is 6.18 Å². The second-order valence-corrected chi connectivity index (χ2v) is 6.59. The smallest absolute Gasteiger partial charge is 0.394 e. The summed E-state index contributed by atoms with van der Waals surface area (Å²) in [5.41, 5.74) is 2.06. The Bertz CT molecular complexity index is 907. The molecule has 2 rings (SSSR count). The van der Waals surface area contributed by atoms with Gasteiger partial charge in [-0.3, -0.25) is 4.79 Å². The monoisotopic (exact) mass is 414 g/mol. The van der Waals surface area contributed by atoms with Crippen molar-refractivity contribution in [2.24, 2.45) is 0 Å². The SMILES string of the molecule is Cc1ccc([C@](O)(CO)C(F)(F)F)cc1-c1cnc(N)c(C(=O)N[C@@H](C)CO)n1. The first kappa shape index (κ1) is 22.5. The molecule has 1 aromatic heterocycles. The molecule has 6 N–H and O–H groups in total. The van der Waals surface area contributed by atoms with Gasteiger partial charge in [-0.25, -0.2) is 9.97 Å². The average molecular weight is 414 g/mol. The molecule has 0 aliphatic rings. The number of alkyl halides is 3. The van der Waals surface area contributed by atoms with E-state index < -0.39 is 35.9 Å². The normalized spacial score (nSPS) is 14.9. The van der Waals surface area contributed by atoms with Crippen LogP contribution in [0.4, 0.5) is 19.0 Å². The zero-order valence-corrected chi connectivity index (χ0v) is 15.7. The van der Waals surface area contributed by atoms with Gasteiger partial charge in [0, 0.05) is 11.6 Å². The number of anilines is 1. The van der Waals surface area contributed by atoms with Gasteiger partial charge in [0.1, 0.15) is 0 Å². The molecule has 0 aliphatic heterocycles. The van der Waals surface area contributed by atoms with Crippen molar-refractivity contribution in [3.8, 4) is 11.3 Å². The van der Waals surface area contributed by atoms with Gasteiger partial charge in [-0.15, -0.1) is 0 Å². The number of nitrogens with two attached hydrogens (primary N) is 1.